The molecule has 0 saturated heterocycles. The second-order valence-corrected chi connectivity index (χ2v) is 5.30. The third-order valence-corrected chi connectivity index (χ3v) is 3.50. The van der Waals surface area contributed by atoms with Gasteiger partial charge in [0.05, 0.1) is 12.0 Å². The average Bonchev–Trinajstić information content (AvgIpc) is 2.91. The van der Waals surface area contributed by atoms with E-state index in [1.54, 1.807) is 24.6 Å². The molecule has 0 spiro atoms. The number of benzene rings is 1. The van der Waals surface area contributed by atoms with Gasteiger partial charge in [-0.2, -0.15) is 13.2 Å². The fourth-order valence-electron chi connectivity index (χ4n) is 2.34. The Morgan fingerprint density at radius 1 is 1.30 bits per heavy atom. The quantitative estimate of drug-likeness (QED) is 0.919. The number of nitrogens with zero attached hydrogens (tertiary/aromatic N) is 3. The number of carbonyl (C=O) groups excluding carboxylic acids is 1. The van der Waals surface area contributed by atoms with Crippen LogP contribution in [0.15, 0.2) is 36.7 Å². The topological polar surface area (TPSA) is 59.8 Å². The molecule has 0 fully saturated rings. The van der Waals surface area contributed by atoms with E-state index in [2.05, 4.69) is 15.5 Å². The van der Waals surface area contributed by atoms with Gasteiger partial charge in [-0.05, 0) is 12.5 Å². The summed E-state index contributed by atoms with van der Waals surface area (Å²) in [6, 6.07) is 6.89. The molecular weight excluding hydrogens is 309 g/mol. The fraction of sp³-hybridized carbons (Fsp3) is 0.400. The Morgan fingerprint density at radius 3 is 2.48 bits per heavy atom. The minimum absolute atomic E-state index is 0.0708. The van der Waals surface area contributed by atoms with Crippen LogP contribution in [0.4, 0.5) is 13.2 Å². The van der Waals surface area contributed by atoms with Crippen molar-refractivity contribution in [1.82, 2.24) is 20.1 Å². The smallest absolute Gasteiger partial charge is 0.346 e. The summed E-state index contributed by atoms with van der Waals surface area (Å²) in [6.45, 7) is 1.65. The highest BCUT2D eigenvalue weighted by atomic mass is 19.4. The number of amides is 1. The molecule has 2 aromatic rings. The first-order valence-corrected chi connectivity index (χ1v) is 7.04. The van der Waals surface area contributed by atoms with Crippen molar-refractivity contribution in [1.29, 1.82) is 0 Å². The van der Waals surface area contributed by atoms with Crippen LogP contribution in [-0.2, 0) is 11.8 Å². The molecule has 0 saturated carbocycles. The number of nitrogens with one attached hydrogen (secondary N) is 1. The average molecular weight is 326 g/mol. The van der Waals surface area contributed by atoms with E-state index in [-0.39, 0.29) is 5.56 Å². The van der Waals surface area contributed by atoms with Crippen LogP contribution in [0.5, 0.6) is 0 Å². The van der Waals surface area contributed by atoms with Crippen molar-refractivity contribution in [2.24, 2.45) is 7.05 Å². The molecule has 0 aliphatic carbocycles. The predicted molar refractivity (Wildman–Crippen MR) is 77.4 cm³/mol. The van der Waals surface area contributed by atoms with Gasteiger partial charge >= 0.3 is 6.18 Å². The van der Waals surface area contributed by atoms with Gasteiger partial charge in [-0.25, -0.2) is 0 Å². The molecule has 1 aromatic carbocycles. The van der Waals surface area contributed by atoms with Crippen LogP contribution in [0.25, 0.3) is 0 Å². The summed E-state index contributed by atoms with van der Waals surface area (Å²) in [4.78, 5) is 12.0. The summed E-state index contributed by atoms with van der Waals surface area (Å²) in [5, 5.41) is 10.0. The lowest BCUT2D eigenvalue weighted by molar-refractivity contribution is -0.157. The van der Waals surface area contributed by atoms with Crippen molar-refractivity contribution >= 4 is 5.91 Å². The molecule has 0 aliphatic rings. The number of rotatable bonds is 5. The molecule has 0 bridgehead atoms. The molecule has 1 amide bonds. The van der Waals surface area contributed by atoms with E-state index >= 15 is 0 Å². The highest BCUT2D eigenvalue weighted by Crippen LogP contribution is 2.37. The van der Waals surface area contributed by atoms with Gasteiger partial charge in [0.2, 0.25) is 5.91 Å². The van der Waals surface area contributed by atoms with Crippen molar-refractivity contribution in [2.75, 3.05) is 0 Å². The zero-order chi connectivity index (χ0) is 17.0. The van der Waals surface area contributed by atoms with Crippen LogP contribution in [0.1, 0.15) is 36.7 Å². The van der Waals surface area contributed by atoms with Crippen molar-refractivity contribution < 1.29 is 18.0 Å². The standard InChI is InChI=1S/C15H17F3N4O/c1-10(14-21-19-9-22(14)2)20-13(23)8-12(15(16,17)18)11-6-4-3-5-7-11/h3-7,9-10,12H,8H2,1-2H3,(H,20,23)/t10-,12+/m0/s1. The zero-order valence-corrected chi connectivity index (χ0v) is 12.7. The van der Waals surface area contributed by atoms with E-state index in [9.17, 15) is 18.0 Å². The van der Waals surface area contributed by atoms with Crippen LogP contribution < -0.4 is 5.32 Å². The lowest BCUT2D eigenvalue weighted by Crippen LogP contribution is -2.33. The summed E-state index contributed by atoms with van der Waals surface area (Å²) in [5.41, 5.74) is 0.0708. The van der Waals surface area contributed by atoms with E-state index in [4.69, 9.17) is 0 Å². The molecular formula is C15H17F3N4O. The summed E-state index contributed by atoms with van der Waals surface area (Å²) in [7, 11) is 1.69. The Hall–Kier alpha value is -2.38. The SMILES string of the molecule is C[C@H](NC(=O)C[C@H](c1ccccc1)C(F)(F)F)c1nncn1C. The minimum Gasteiger partial charge on any atom is -0.346 e. The predicted octanol–water partition coefficient (Wildman–Crippen LogP) is 2.73. The first-order valence-electron chi connectivity index (χ1n) is 7.04. The molecule has 0 unspecified atom stereocenters. The molecule has 2 rings (SSSR count). The highest BCUT2D eigenvalue weighted by Gasteiger charge is 2.42. The number of alkyl halides is 3. The Kier molecular flexibility index (Phi) is 5.02. The van der Waals surface area contributed by atoms with E-state index in [0.29, 0.717) is 5.82 Å². The molecule has 5 nitrogen and oxygen atoms in total. The van der Waals surface area contributed by atoms with Gasteiger partial charge in [-0.3, -0.25) is 4.79 Å². The van der Waals surface area contributed by atoms with Crippen LogP contribution in [0.3, 0.4) is 0 Å². The lowest BCUT2D eigenvalue weighted by atomic mass is 9.94. The van der Waals surface area contributed by atoms with Crippen LogP contribution in [0.2, 0.25) is 0 Å². The molecule has 124 valence electrons. The summed E-state index contributed by atoms with van der Waals surface area (Å²) < 4.78 is 41.3. The summed E-state index contributed by atoms with van der Waals surface area (Å²) in [6.07, 6.45) is -3.71. The van der Waals surface area contributed by atoms with Crippen molar-refractivity contribution in [3.05, 3.63) is 48.0 Å². The first-order chi connectivity index (χ1) is 10.8. The molecule has 2 atom stereocenters. The summed E-state index contributed by atoms with van der Waals surface area (Å²) in [5.74, 6) is -2.05. The minimum atomic E-state index is -4.49. The van der Waals surface area contributed by atoms with Gasteiger partial charge in [0, 0.05) is 13.5 Å². The number of aromatic nitrogens is 3. The number of aryl methyl sites for hydroxylation is 1. The Labute approximate surface area is 131 Å². The molecule has 23 heavy (non-hydrogen) atoms. The van der Waals surface area contributed by atoms with Crippen LogP contribution in [0, 0.1) is 0 Å². The molecule has 1 heterocycles. The van der Waals surface area contributed by atoms with Gasteiger partial charge in [0.15, 0.2) is 5.82 Å². The largest absolute Gasteiger partial charge is 0.396 e. The van der Waals surface area contributed by atoms with E-state index in [1.807, 2.05) is 0 Å². The highest BCUT2D eigenvalue weighted by molar-refractivity contribution is 5.77. The fourth-order valence-corrected chi connectivity index (χ4v) is 2.34. The Bertz CT molecular complexity index is 654. The molecule has 0 aliphatic heterocycles. The maximum Gasteiger partial charge on any atom is 0.396 e. The second kappa shape index (κ2) is 6.80. The van der Waals surface area contributed by atoms with Gasteiger partial charge in [0.25, 0.3) is 0 Å². The number of carbonyl (C=O) groups is 1. The molecule has 1 aromatic heterocycles. The van der Waals surface area contributed by atoms with Crippen molar-refractivity contribution in [2.45, 2.75) is 31.5 Å². The van der Waals surface area contributed by atoms with E-state index in [1.165, 1.54) is 30.6 Å². The zero-order valence-electron chi connectivity index (χ0n) is 12.7. The molecule has 1 N–H and O–H groups in total. The van der Waals surface area contributed by atoms with Crippen molar-refractivity contribution in [3.8, 4) is 0 Å². The molecule has 8 heteroatoms. The van der Waals surface area contributed by atoms with E-state index in [0.717, 1.165) is 0 Å². The normalized spacial score (nSPS) is 14.3. The number of hydrogen-bond acceptors (Lipinski definition) is 3. The van der Waals surface area contributed by atoms with Crippen LogP contribution in [-0.4, -0.2) is 26.8 Å². The lowest BCUT2D eigenvalue weighted by Gasteiger charge is -2.21. The Balaban J connectivity index is 2.08. The van der Waals surface area contributed by atoms with E-state index < -0.39 is 30.5 Å². The number of hydrogen-bond donors (Lipinski definition) is 1. The maximum atomic E-state index is 13.2. The third-order valence-electron chi connectivity index (χ3n) is 3.50. The van der Waals surface area contributed by atoms with Crippen LogP contribution >= 0.6 is 0 Å². The number of halogens is 3. The maximum absolute atomic E-state index is 13.2. The van der Waals surface area contributed by atoms with Gasteiger partial charge < -0.3 is 9.88 Å². The first kappa shape index (κ1) is 17.0. The molecule has 0 radical (unpaired) electrons. The van der Waals surface area contributed by atoms with Gasteiger partial charge in [-0.15, -0.1) is 10.2 Å². The van der Waals surface area contributed by atoms with Crippen molar-refractivity contribution in [3.63, 3.8) is 0 Å². The Morgan fingerprint density at radius 2 is 1.96 bits per heavy atom. The van der Waals surface area contributed by atoms with Gasteiger partial charge in [0.1, 0.15) is 6.33 Å². The monoisotopic (exact) mass is 326 g/mol. The van der Waals surface area contributed by atoms with Gasteiger partial charge in [-0.1, -0.05) is 30.3 Å². The second-order valence-electron chi connectivity index (χ2n) is 5.30. The summed E-state index contributed by atoms with van der Waals surface area (Å²) >= 11 is 0. The third kappa shape index (κ3) is 4.30.